The fraction of sp³-hybridized carbons (Fsp3) is 0.154. The molecule has 77 valence electrons. The Balaban J connectivity index is 2.72. The summed E-state index contributed by atoms with van der Waals surface area (Å²) in [7, 11) is 3.31. The second kappa shape index (κ2) is 3.81. The maximum absolute atomic E-state index is 5.22. The van der Waals surface area contributed by atoms with E-state index in [4.69, 9.17) is 9.47 Å². The molecule has 2 aromatic carbocycles. The molecule has 15 heavy (non-hydrogen) atoms. The van der Waals surface area contributed by atoms with Gasteiger partial charge in [-0.1, -0.05) is 12.1 Å². The van der Waals surface area contributed by atoms with Crippen molar-refractivity contribution in [1.82, 2.24) is 0 Å². The predicted octanol–water partition coefficient (Wildman–Crippen LogP) is 3.04. The summed E-state index contributed by atoms with van der Waals surface area (Å²) in [5.41, 5.74) is 0.897. The van der Waals surface area contributed by atoms with E-state index in [2.05, 4.69) is 6.92 Å². The molecule has 0 amide bonds. The summed E-state index contributed by atoms with van der Waals surface area (Å²) in [6.45, 7) is 4.01. The molecule has 0 atom stereocenters. The second-order valence-electron chi connectivity index (χ2n) is 3.33. The number of methoxy groups -OCH3 is 2. The maximum Gasteiger partial charge on any atom is 0.122 e. The minimum atomic E-state index is 0.802. The van der Waals surface area contributed by atoms with Gasteiger partial charge in [0.25, 0.3) is 0 Å². The Hall–Kier alpha value is -1.70. The first kappa shape index (κ1) is 9.84. The van der Waals surface area contributed by atoms with Gasteiger partial charge in [-0.05, 0) is 35.9 Å². The summed E-state index contributed by atoms with van der Waals surface area (Å²) < 4.78 is 10.4. The first-order valence-corrected chi connectivity index (χ1v) is 4.73. The molecule has 2 aromatic rings. The fourth-order valence-corrected chi connectivity index (χ4v) is 1.66. The average Bonchev–Trinajstić information content (AvgIpc) is 2.29. The standard InChI is InChI=1S/C13H13O2/c1-9-12-8-11(14-2)6-4-10(12)5-7-13(9)15-3/h4-8H,1H2,2-3H3. The van der Waals surface area contributed by atoms with E-state index in [0.717, 1.165) is 27.8 Å². The van der Waals surface area contributed by atoms with Crippen molar-refractivity contribution >= 4 is 10.8 Å². The van der Waals surface area contributed by atoms with Crippen LogP contribution in [0.15, 0.2) is 30.3 Å². The smallest absolute Gasteiger partial charge is 0.122 e. The van der Waals surface area contributed by atoms with Gasteiger partial charge in [0.2, 0.25) is 0 Å². The van der Waals surface area contributed by atoms with E-state index < -0.39 is 0 Å². The SMILES string of the molecule is [CH2]c1c(OC)ccc2ccc(OC)cc12. The monoisotopic (exact) mass is 201 g/mol. The van der Waals surface area contributed by atoms with Gasteiger partial charge in [0.05, 0.1) is 14.2 Å². The van der Waals surface area contributed by atoms with Crippen molar-refractivity contribution in [2.45, 2.75) is 0 Å². The van der Waals surface area contributed by atoms with E-state index in [1.807, 2.05) is 30.3 Å². The minimum Gasteiger partial charge on any atom is -0.497 e. The molecule has 2 rings (SSSR count). The van der Waals surface area contributed by atoms with Crippen LogP contribution in [-0.4, -0.2) is 14.2 Å². The highest BCUT2D eigenvalue weighted by Crippen LogP contribution is 2.29. The van der Waals surface area contributed by atoms with Crippen LogP contribution in [0.4, 0.5) is 0 Å². The van der Waals surface area contributed by atoms with Crippen LogP contribution in [0, 0.1) is 6.92 Å². The molecule has 2 heteroatoms. The van der Waals surface area contributed by atoms with Crippen molar-refractivity contribution in [2.24, 2.45) is 0 Å². The van der Waals surface area contributed by atoms with Crippen LogP contribution < -0.4 is 9.47 Å². The average molecular weight is 201 g/mol. The molecule has 0 N–H and O–H groups in total. The van der Waals surface area contributed by atoms with E-state index >= 15 is 0 Å². The van der Waals surface area contributed by atoms with Gasteiger partial charge in [-0.25, -0.2) is 0 Å². The van der Waals surface area contributed by atoms with Crippen molar-refractivity contribution in [3.05, 3.63) is 42.8 Å². The fourth-order valence-electron chi connectivity index (χ4n) is 1.66. The van der Waals surface area contributed by atoms with E-state index in [-0.39, 0.29) is 0 Å². The quantitative estimate of drug-likeness (QED) is 0.743. The van der Waals surface area contributed by atoms with Crippen LogP contribution in [0.1, 0.15) is 5.56 Å². The number of rotatable bonds is 2. The van der Waals surface area contributed by atoms with E-state index in [1.54, 1.807) is 14.2 Å². The van der Waals surface area contributed by atoms with Gasteiger partial charge in [-0.3, -0.25) is 0 Å². The molecule has 0 spiro atoms. The predicted molar refractivity (Wildman–Crippen MR) is 61.5 cm³/mol. The number of ether oxygens (including phenoxy) is 2. The Morgan fingerprint density at radius 3 is 2.40 bits per heavy atom. The van der Waals surface area contributed by atoms with Gasteiger partial charge in [-0.2, -0.15) is 0 Å². The molecule has 1 radical (unpaired) electrons. The van der Waals surface area contributed by atoms with Crippen molar-refractivity contribution < 1.29 is 9.47 Å². The van der Waals surface area contributed by atoms with Crippen LogP contribution in [0.25, 0.3) is 10.8 Å². The van der Waals surface area contributed by atoms with Gasteiger partial charge in [-0.15, -0.1) is 0 Å². The van der Waals surface area contributed by atoms with E-state index in [1.165, 1.54) is 0 Å². The second-order valence-corrected chi connectivity index (χ2v) is 3.33. The van der Waals surface area contributed by atoms with Gasteiger partial charge < -0.3 is 9.47 Å². The van der Waals surface area contributed by atoms with Crippen LogP contribution in [0.2, 0.25) is 0 Å². The van der Waals surface area contributed by atoms with Crippen molar-refractivity contribution in [3.8, 4) is 11.5 Å². The Bertz CT molecular complexity index is 484. The molecule has 0 heterocycles. The van der Waals surface area contributed by atoms with Gasteiger partial charge in [0.1, 0.15) is 11.5 Å². The van der Waals surface area contributed by atoms with E-state index in [9.17, 15) is 0 Å². The molecule has 0 fully saturated rings. The lowest BCUT2D eigenvalue weighted by Gasteiger charge is -2.09. The lowest BCUT2D eigenvalue weighted by molar-refractivity contribution is 0.412. The first-order valence-electron chi connectivity index (χ1n) is 4.73. The topological polar surface area (TPSA) is 18.5 Å². The number of benzene rings is 2. The van der Waals surface area contributed by atoms with Crippen molar-refractivity contribution in [1.29, 1.82) is 0 Å². The molecule has 0 aromatic heterocycles. The third kappa shape index (κ3) is 1.63. The Morgan fingerprint density at radius 2 is 1.73 bits per heavy atom. The number of hydrogen-bond donors (Lipinski definition) is 0. The van der Waals surface area contributed by atoms with Crippen molar-refractivity contribution in [2.75, 3.05) is 14.2 Å². The molecular weight excluding hydrogens is 188 g/mol. The number of hydrogen-bond acceptors (Lipinski definition) is 2. The molecule has 0 aliphatic rings. The molecule has 0 bridgehead atoms. The highest BCUT2D eigenvalue weighted by Gasteiger charge is 2.04. The number of fused-ring (bicyclic) bond motifs is 1. The lowest BCUT2D eigenvalue weighted by Crippen LogP contribution is -1.89. The van der Waals surface area contributed by atoms with Crippen molar-refractivity contribution in [3.63, 3.8) is 0 Å². The van der Waals surface area contributed by atoms with Crippen LogP contribution in [0.3, 0.4) is 0 Å². The Morgan fingerprint density at radius 1 is 1.00 bits per heavy atom. The molecule has 0 unspecified atom stereocenters. The third-order valence-corrected chi connectivity index (χ3v) is 2.52. The lowest BCUT2D eigenvalue weighted by atomic mass is 10.0. The summed E-state index contributed by atoms with van der Waals surface area (Å²) in [6.07, 6.45) is 0. The summed E-state index contributed by atoms with van der Waals surface area (Å²) in [4.78, 5) is 0. The van der Waals surface area contributed by atoms with Gasteiger partial charge in [0, 0.05) is 5.56 Å². The zero-order valence-electron chi connectivity index (χ0n) is 8.91. The zero-order chi connectivity index (χ0) is 10.8. The first-order chi connectivity index (χ1) is 7.26. The normalized spacial score (nSPS) is 10.3. The molecule has 0 aliphatic heterocycles. The summed E-state index contributed by atoms with van der Waals surface area (Å²) >= 11 is 0. The maximum atomic E-state index is 5.22. The molecule has 0 saturated heterocycles. The molecule has 2 nitrogen and oxygen atoms in total. The Kier molecular flexibility index (Phi) is 2.50. The van der Waals surface area contributed by atoms with E-state index in [0.29, 0.717) is 0 Å². The molecule has 0 saturated carbocycles. The van der Waals surface area contributed by atoms with Gasteiger partial charge in [0.15, 0.2) is 0 Å². The summed E-state index contributed by atoms with van der Waals surface area (Å²) in [5.74, 6) is 1.64. The Labute approximate surface area is 89.4 Å². The largest absolute Gasteiger partial charge is 0.497 e. The summed E-state index contributed by atoms with van der Waals surface area (Å²) in [5, 5.41) is 2.20. The highest BCUT2D eigenvalue weighted by atomic mass is 16.5. The third-order valence-electron chi connectivity index (χ3n) is 2.52. The van der Waals surface area contributed by atoms with Crippen LogP contribution >= 0.6 is 0 Å². The zero-order valence-corrected chi connectivity index (χ0v) is 8.91. The highest BCUT2D eigenvalue weighted by molar-refractivity contribution is 5.89. The molecular formula is C13H13O2. The van der Waals surface area contributed by atoms with Gasteiger partial charge >= 0.3 is 0 Å². The van der Waals surface area contributed by atoms with Crippen LogP contribution in [0.5, 0.6) is 11.5 Å². The minimum absolute atomic E-state index is 0.802. The summed E-state index contributed by atoms with van der Waals surface area (Å²) in [6, 6.07) is 9.87. The van der Waals surface area contributed by atoms with Crippen LogP contribution in [-0.2, 0) is 0 Å². The molecule has 0 aliphatic carbocycles.